The van der Waals surface area contributed by atoms with Gasteiger partial charge in [-0.15, -0.1) is 0 Å². The molecule has 0 heterocycles. The van der Waals surface area contributed by atoms with Crippen molar-refractivity contribution in [3.8, 4) is 0 Å². The van der Waals surface area contributed by atoms with Crippen LogP contribution in [0.2, 0.25) is 0 Å². The van der Waals surface area contributed by atoms with E-state index in [4.69, 9.17) is 0 Å². The van der Waals surface area contributed by atoms with Crippen molar-refractivity contribution in [2.45, 2.75) is 80.9 Å². The average Bonchev–Trinajstić information content (AvgIpc) is 3.86. The van der Waals surface area contributed by atoms with Crippen molar-refractivity contribution < 1.29 is 0 Å². The second kappa shape index (κ2) is 11.3. The Bertz CT molecular complexity index is 1340. The highest BCUT2D eigenvalue weighted by atomic mass is 31.1. The molecule has 4 fully saturated rings. The van der Waals surface area contributed by atoms with Crippen LogP contribution in [-0.4, -0.2) is 22.6 Å². The van der Waals surface area contributed by atoms with Gasteiger partial charge in [0.1, 0.15) is 0 Å². The monoisotopic (exact) mass is 574 g/mol. The van der Waals surface area contributed by atoms with E-state index in [-0.39, 0.29) is 7.92 Å². The molecule has 2 heteroatoms. The fraction of sp³-hybridized carbons (Fsp3) is 0.436. The molecular weight excluding hydrogens is 530 g/mol. The predicted molar refractivity (Wildman–Crippen MR) is 180 cm³/mol. The highest BCUT2D eigenvalue weighted by molar-refractivity contribution is 7.74. The molecule has 0 saturated heterocycles. The van der Waals surface area contributed by atoms with Gasteiger partial charge in [-0.25, -0.2) is 0 Å². The van der Waals surface area contributed by atoms with Crippen LogP contribution in [0.5, 0.6) is 0 Å². The molecule has 0 aliphatic heterocycles. The van der Waals surface area contributed by atoms with Crippen molar-refractivity contribution in [3.05, 3.63) is 120 Å². The normalized spacial score (nSPS) is 36.4. The average molecular weight is 575 g/mol. The lowest BCUT2D eigenvalue weighted by Gasteiger charge is -2.43. The molecule has 0 N–H and O–H groups in total. The number of benzene rings is 2. The minimum atomic E-state index is -0.555. The van der Waals surface area contributed by atoms with Crippen LogP contribution in [0, 0.1) is 23.7 Å². The van der Waals surface area contributed by atoms with Crippen molar-refractivity contribution in [1.82, 2.24) is 0 Å². The summed E-state index contributed by atoms with van der Waals surface area (Å²) in [5.41, 5.74) is 7.94. The molecule has 210 valence electrons. The van der Waals surface area contributed by atoms with Crippen LogP contribution in [0.4, 0.5) is 0 Å². The smallest absolute Gasteiger partial charge is 0.0310 e. The molecule has 4 saturated carbocycles. The number of hydrogen-bond donors (Lipinski definition) is 0. The standard InChI is InChI=1S/C39H44P2/c1-27(40(38-25-28-19-21-30(38)23-28)39-26-29-20-22-31(39)24-29)34-16-10-17-35(34)36-15-8-9-18-37(36)41(32-11-4-2-5-12-32)33-13-6-3-7-14-33/h2-18,27-31,37-39H,19-26H2,1H3. The third kappa shape index (κ3) is 4.83. The first kappa shape index (κ1) is 26.6. The number of fused-ring (bicyclic) bond motifs is 4. The minimum Gasteiger partial charge on any atom is -0.0923 e. The zero-order valence-corrected chi connectivity index (χ0v) is 26.3. The molecule has 2 aromatic rings. The summed E-state index contributed by atoms with van der Waals surface area (Å²) in [5.74, 6) is 4.16. The maximum atomic E-state index is 2.68. The van der Waals surface area contributed by atoms with Gasteiger partial charge in [0.2, 0.25) is 0 Å². The van der Waals surface area contributed by atoms with E-state index in [0.29, 0.717) is 11.3 Å². The van der Waals surface area contributed by atoms with E-state index in [1.165, 1.54) is 36.3 Å². The van der Waals surface area contributed by atoms with E-state index < -0.39 is 7.92 Å². The van der Waals surface area contributed by atoms with Gasteiger partial charge in [0.05, 0.1) is 0 Å². The van der Waals surface area contributed by atoms with E-state index in [1.54, 1.807) is 42.4 Å². The molecule has 0 radical (unpaired) electrons. The summed E-state index contributed by atoms with van der Waals surface area (Å²) in [6.07, 6.45) is 29.3. The number of rotatable bonds is 7. The van der Waals surface area contributed by atoms with Crippen LogP contribution < -0.4 is 10.6 Å². The minimum absolute atomic E-state index is 0.00877. The van der Waals surface area contributed by atoms with Gasteiger partial charge in [-0.2, -0.15) is 0 Å². The van der Waals surface area contributed by atoms with Crippen molar-refractivity contribution >= 4 is 26.5 Å². The molecule has 8 unspecified atom stereocenters. The Morgan fingerprint density at radius 2 is 1.27 bits per heavy atom. The van der Waals surface area contributed by atoms with Gasteiger partial charge in [0, 0.05) is 11.3 Å². The third-order valence-corrected chi connectivity index (χ3v) is 18.3. The van der Waals surface area contributed by atoms with Gasteiger partial charge in [-0.05, 0) is 109 Å². The molecule has 6 aliphatic rings. The fourth-order valence-electron chi connectivity index (χ4n) is 9.85. The van der Waals surface area contributed by atoms with Gasteiger partial charge < -0.3 is 0 Å². The molecule has 6 aliphatic carbocycles. The quantitative estimate of drug-likeness (QED) is 0.289. The van der Waals surface area contributed by atoms with Gasteiger partial charge in [-0.3, -0.25) is 0 Å². The number of hydrogen-bond acceptors (Lipinski definition) is 0. The van der Waals surface area contributed by atoms with E-state index in [1.807, 2.05) is 0 Å². The van der Waals surface area contributed by atoms with Crippen LogP contribution in [0.1, 0.15) is 58.3 Å². The first-order chi connectivity index (χ1) is 20.2. The lowest BCUT2D eigenvalue weighted by atomic mass is 9.95. The van der Waals surface area contributed by atoms with Crippen molar-refractivity contribution in [3.63, 3.8) is 0 Å². The second-order valence-electron chi connectivity index (χ2n) is 13.7. The second-order valence-corrected chi connectivity index (χ2v) is 19.0. The summed E-state index contributed by atoms with van der Waals surface area (Å²) in [4.78, 5) is 0. The van der Waals surface area contributed by atoms with E-state index in [0.717, 1.165) is 35.0 Å². The Labute approximate surface area is 250 Å². The summed E-state index contributed by atoms with van der Waals surface area (Å²) in [5, 5.41) is 2.95. The largest absolute Gasteiger partial charge is 0.0923 e. The molecular formula is C39H44P2. The predicted octanol–water partition coefficient (Wildman–Crippen LogP) is 9.65. The summed E-state index contributed by atoms with van der Waals surface area (Å²) in [7, 11) is -0.564. The summed E-state index contributed by atoms with van der Waals surface area (Å²) >= 11 is 0. The van der Waals surface area contributed by atoms with Crippen molar-refractivity contribution in [2.75, 3.05) is 0 Å². The van der Waals surface area contributed by atoms with E-state index in [2.05, 4.69) is 110 Å². The third-order valence-electron chi connectivity index (χ3n) is 11.6. The Hall–Kier alpha value is -2.00. The van der Waals surface area contributed by atoms with Crippen LogP contribution >= 0.6 is 15.8 Å². The first-order valence-corrected chi connectivity index (χ1v) is 19.3. The fourth-order valence-corrected chi connectivity index (χ4v) is 17.3. The maximum Gasteiger partial charge on any atom is 0.0310 e. The van der Waals surface area contributed by atoms with Gasteiger partial charge >= 0.3 is 0 Å². The maximum absolute atomic E-state index is 2.68. The summed E-state index contributed by atoms with van der Waals surface area (Å²) in [6.45, 7) is 2.68. The topological polar surface area (TPSA) is 0 Å². The highest BCUT2D eigenvalue weighted by Crippen LogP contribution is 2.70. The van der Waals surface area contributed by atoms with Crippen LogP contribution in [0.15, 0.2) is 120 Å². The van der Waals surface area contributed by atoms with Gasteiger partial charge in [-0.1, -0.05) is 131 Å². The van der Waals surface area contributed by atoms with Crippen molar-refractivity contribution in [1.29, 1.82) is 0 Å². The Morgan fingerprint density at radius 1 is 0.659 bits per heavy atom. The van der Waals surface area contributed by atoms with E-state index in [9.17, 15) is 0 Å². The Morgan fingerprint density at radius 3 is 1.80 bits per heavy atom. The zero-order valence-electron chi connectivity index (χ0n) is 24.5. The van der Waals surface area contributed by atoms with Crippen LogP contribution in [-0.2, 0) is 0 Å². The molecule has 8 rings (SSSR count). The van der Waals surface area contributed by atoms with E-state index >= 15 is 0 Å². The molecule has 0 aromatic heterocycles. The molecule has 0 spiro atoms. The molecule has 41 heavy (non-hydrogen) atoms. The molecule has 0 nitrogen and oxygen atoms in total. The molecule has 4 bridgehead atoms. The molecule has 0 amide bonds. The zero-order chi connectivity index (χ0) is 27.3. The summed E-state index contributed by atoms with van der Waals surface area (Å²) < 4.78 is 0. The number of allylic oxidation sites excluding steroid dienone is 10. The Kier molecular flexibility index (Phi) is 7.30. The van der Waals surface area contributed by atoms with Crippen LogP contribution in [0.3, 0.4) is 0 Å². The first-order valence-electron chi connectivity index (χ1n) is 16.4. The summed E-state index contributed by atoms with van der Waals surface area (Å²) in [6, 6.07) is 22.7. The van der Waals surface area contributed by atoms with Crippen molar-refractivity contribution in [2.24, 2.45) is 23.7 Å². The van der Waals surface area contributed by atoms with Crippen LogP contribution in [0.25, 0.3) is 0 Å². The lowest BCUT2D eigenvalue weighted by molar-refractivity contribution is 0.459. The van der Waals surface area contributed by atoms with Gasteiger partial charge in [0.15, 0.2) is 0 Å². The Balaban J connectivity index is 1.18. The lowest BCUT2D eigenvalue weighted by Crippen LogP contribution is -2.30. The van der Waals surface area contributed by atoms with Gasteiger partial charge in [0.25, 0.3) is 0 Å². The highest BCUT2D eigenvalue weighted by Gasteiger charge is 2.52. The SMILES string of the molecule is CC(C1=CC=CC1=C1C=CC=CC1P(c1ccccc1)c1ccccc1)P(C1CC2CCC1C2)C1CC2CCC1C2. The molecule has 2 aromatic carbocycles. The molecule has 8 atom stereocenters.